The largest absolute Gasteiger partial charge is 0.351 e. The number of rotatable bonds is 5. The Hall–Kier alpha value is -2.78. The number of fused-ring (bicyclic) bond motifs is 1. The molecule has 3 aromatic heterocycles. The van der Waals surface area contributed by atoms with Crippen LogP contribution in [0.15, 0.2) is 46.0 Å². The van der Waals surface area contributed by atoms with Crippen molar-refractivity contribution in [3.8, 4) is 0 Å². The minimum atomic E-state index is -0.458. The number of nitrogens with zero attached hydrogens (tertiary/aromatic N) is 3. The summed E-state index contributed by atoms with van der Waals surface area (Å²) in [4.78, 5) is 27.9. The van der Waals surface area contributed by atoms with Gasteiger partial charge in [0.25, 0.3) is 0 Å². The third-order valence-electron chi connectivity index (χ3n) is 3.25. The first-order valence-corrected chi connectivity index (χ1v) is 8.87. The Kier molecular flexibility index (Phi) is 3.93. The van der Waals surface area contributed by atoms with E-state index in [4.69, 9.17) is 0 Å². The normalized spacial score (nSPS) is 10.8. The molecule has 0 unspecified atom stereocenters. The van der Waals surface area contributed by atoms with Crippen LogP contribution < -0.4 is 16.3 Å². The first-order chi connectivity index (χ1) is 11.8. The summed E-state index contributed by atoms with van der Waals surface area (Å²) in [6.45, 7) is 0.577. The van der Waals surface area contributed by atoms with Gasteiger partial charge in [-0.05, 0) is 29.6 Å². The van der Waals surface area contributed by atoms with Crippen LogP contribution >= 0.6 is 22.7 Å². The number of hydrogen-bond acceptors (Lipinski definition) is 8. The maximum absolute atomic E-state index is 11.7. The van der Waals surface area contributed by atoms with Crippen LogP contribution in [-0.2, 0) is 6.54 Å². The average molecular weight is 356 g/mol. The molecule has 1 aromatic carbocycles. The molecule has 4 aromatic rings. The van der Waals surface area contributed by atoms with Crippen molar-refractivity contribution in [3.05, 3.63) is 56.6 Å². The van der Waals surface area contributed by atoms with E-state index in [-0.39, 0.29) is 5.95 Å². The first kappa shape index (κ1) is 14.8. The van der Waals surface area contributed by atoms with Crippen LogP contribution in [-0.4, -0.2) is 19.9 Å². The topological polar surface area (TPSA) is 95.6 Å². The molecule has 4 rings (SSSR count). The van der Waals surface area contributed by atoms with Crippen LogP contribution in [0.4, 0.5) is 17.6 Å². The maximum Gasteiger partial charge on any atom is 0.351 e. The predicted molar refractivity (Wildman–Crippen MR) is 97.2 cm³/mol. The van der Waals surface area contributed by atoms with Gasteiger partial charge in [0.1, 0.15) is 0 Å². The summed E-state index contributed by atoms with van der Waals surface area (Å²) >= 11 is 3.19. The Morgan fingerprint density at radius 2 is 2.12 bits per heavy atom. The molecule has 3 N–H and O–H groups in total. The number of benzene rings is 1. The fourth-order valence-electron chi connectivity index (χ4n) is 2.17. The van der Waals surface area contributed by atoms with Crippen LogP contribution in [0.25, 0.3) is 10.2 Å². The molecule has 24 heavy (non-hydrogen) atoms. The van der Waals surface area contributed by atoms with Crippen LogP contribution in [0, 0.1) is 0 Å². The molecule has 0 saturated carbocycles. The highest BCUT2D eigenvalue weighted by Gasteiger charge is 2.05. The van der Waals surface area contributed by atoms with Crippen molar-refractivity contribution in [2.75, 3.05) is 10.6 Å². The van der Waals surface area contributed by atoms with E-state index in [1.54, 1.807) is 28.2 Å². The zero-order valence-electron chi connectivity index (χ0n) is 12.3. The lowest BCUT2D eigenvalue weighted by molar-refractivity contribution is 0.971. The molecule has 0 fully saturated rings. The first-order valence-electron chi connectivity index (χ1n) is 7.11. The molecule has 0 bridgehead atoms. The molecular weight excluding hydrogens is 344 g/mol. The fraction of sp³-hybridized carbons (Fsp3) is 0.0667. The molecule has 3 heterocycles. The molecule has 120 valence electrons. The van der Waals surface area contributed by atoms with Crippen molar-refractivity contribution in [2.24, 2.45) is 0 Å². The number of thiazole rings is 1. The van der Waals surface area contributed by atoms with E-state index in [1.165, 1.54) is 0 Å². The number of anilines is 3. The summed E-state index contributed by atoms with van der Waals surface area (Å²) in [5.41, 5.74) is 3.11. The van der Waals surface area contributed by atoms with Gasteiger partial charge in [-0.2, -0.15) is 9.97 Å². The van der Waals surface area contributed by atoms with E-state index in [9.17, 15) is 4.79 Å². The monoisotopic (exact) mass is 356 g/mol. The SMILES string of the molecule is O=c1nc(NCc2cccs2)nc(Nc2ccc3ncsc3c2)[nH]1. The molecule has 0 aliphatic carbocycles. The zero-order chi connectivity index (χ0) is 16.4. The molecule has 0 atom stereocenters. The lowest BCUT2D eigenvalue weighted by atomic mass is 10.3. The molecule has 0 saturated heterocycles. The molecular formula is C15H12N6OS2. The Bertz CT molecular complexity index is 1020. The average Bonchev–Trinajstić information content (AvgIpc) is 3.23. The number of nitrogens with one attached hydrogen (secondary N) is 3. The summed E-state index contributed by atoms with van der Waals surface area (Å²) in [7, 11) is 0. The van der Waals surface area contributed by atoms with Crippen molar-refractivity contribution in [3.63, 3.8) is 0 Å². The third-order valence-corrected chi connectivity index (χ3v) is 4.91. The van der Waals surface area contributed by atoms with Gasteiger partial charge in [0, 0.05) is 10.6 Å². The van der Waals surface area contributed by atoms with Crippen LogP contribution in [0.5, 0.6) is 0 Å². The summed E-state index contributed by atoms with van der Waals surface area (Å²) in [6, 6.07) is 9.76. The van der Waals surface area contributed by atoms with Gasteiger partial charge in [0.15, 0.2) is 0 Å². The maximum atomic E-state index is 11.7. The van der Waals surface area contributed by atoms with Crippen molar-refractivity contribution < 1.29 is 0 Å². The molecule has 0 spiro atoms. The standard InChI is InChI=1S/C15H12N6OS2/c22-15-20-13(16-7-10-2-1-5-23-10)19-14(21-15)18-9-3-4-11-12(6-9)24-8-17-11/h1-6,8H,7H2,(H3,16,18,19,20,21,22). The Balaban J connectivity index is 1.54. The van der Waals surface area contributed by atoms with E-state index in [0.29, 0.717) is 12.5 Å². The predicted octanol–water partition coefficient (Wildman–Crippen LogP) is 3.19. The van der Waals surface area contributed by atoms with Crippen LogP contribution in [0.1, 0.15) is 4.88 Å². The van der Waals surface area contributed by atoms with Gasteiger partial charge in [-0.25, -0.2) is 9.78 Å². The lowest BCUT2D eigenvalue weighted by Crippen LogP contribution is -2.17. The fourth-order valence-corrected chi connectivity index (χ4v) is 3.53. The van der Waals surface area contributed by atoms with E-state index >= 15 is 0 Å². The van der Waals surface area contributed by atoms with Crippen molar-refractivity contribution in [1.29, 1.82) is 0 Å². The van der Waals surface area contributed by atoms with Crippen molar-refractivity contribution in [2.45, 2.75) is 6.54 Å². The van der Waals surface area contributed by atoms with Gasteiger partial charge in [-0.15, -0.1) is 22.7 Å². The van der Waals surface area contributed by atoms with E-state index in [0.717, 1.165) is 20.8 Å². The quantitative estimate of drug-likeness (QED) is 0.508. The Morgan fingerprint density at radius 3 is 3.00 bits per heavy atom. The van der Waals surface area contributed by atoms with E-state index < -0.39 is 5.69 Å². The van der Waals surface area contributed by atoms with E-state index in [2.05, 4.69) is 30.6 Å². The number of aromatic nitrogens is 4. The summed E-state index contributed by atoms with van der Waals surface area (Å²) in [6.07, 6.45) is 0. The van der Waals surface area contributed by atoms with Crippen LogP contribution in [0.2, 0.25) is 0 Å². The van der Waals surface area contributed by atoms with Gasteiger partial charge < -0.3 is 10.6 Å². The third kappa shape index (κ3) is 3.26. The lowest BCUT2D eigenvalue weighted by Gasteiger charge is -2.07. The second-order valence-corrected chi connectivity index (χ2v) is 6.84. The summed E-state index contributed by atoms with van der Waals surface area (Å²) < 4.78 is 1.06. The highest BCUT2D eigenvalue weighted by atomic mass is 32.1. The van der Waals surface area contributed by atoms with Crippen molar-refractivity contribution >= 4 is 50.5 Å². The molecule has 0 aliphatic heterocycles. The van der Waals surface area contributed by atoms with Gasteiger partial charge in [-0.3, -0.25) is 4.98 Å². The molecule has 7 nitrogen and oxygen atoms in total. The molecule has 0 amide bonds. The zero-order valence-corrected chi connectivity index (χ0v) is 13.9. The second kappa shape index (κ2) is 6.38. The molecule has 0 radical (unpaired) electrons. The number of hydrogen-bond donors (Lipinski definition) is 3. The second-order valence-electron chi connectivity index (χ2n) is 4.92. The smallest absolute Gasteiger partial charge is 0.349 e. The van der Waals surface area contributed by atoms with Gasteiger partial charge in [-0.1, -0.05) is 6.07 Å². The highest BCUT2D eigenvalue weighted by molar-refractivity contribution is 7.16. The van der Waals surface area contributed by atoms with Crippen molar-refractivity contribution in [1.82, 2.24) is 19.9 Å². The Morgan fingerprint density at radius 1 is 1.17 bits per heavy atom. The summed E-state index contributed by atoms with van der Waals surface area (Å²) in [5.74, 6) is 0.626. The summed E-state index contributed by atoms with van der Waals surface area (Å²) in [5, 5.41) is 8.15. The van der Waals surface area contributed by atoms with Gasteiger partial charge in [0.05, 0.1) is 22.3 Å². The van der Waals surface area contributed by atoms with Gasteiger partial charge in [0.2, 0.25) is 11.9 Å². The molecule has 0 aliphatic rings. The Labute approximate surface area is 144 Å². The molecule has 9 heteroatoms. The van der Waals surface area contributed by atoms with Gasteiger partial charge >= 0.3 is 5.69 Å². The number of H-pyrrole nitrogens is 1. The highest BCUT2D eigenvalue weighted by Crippen LogP contribution is 2.23. The van der Waals surface area contributed by atoms with E-state index in [1.807, 2.05) is 35.7 Å². The minimum Gasteiger partial charge on any atom is -0.349 e. The number of thiophene rings is 1. The number of aromatic amines is 1. The van der Waals surface area contributed by atoms with Crippen LogP contribution in [0.3, 0.4) is 0 Å². The minimum absolute atomic E-state index is 0.286.